The van der Waals surface area contributed by atoms with Gasteiger partial charge in [-0.2, -0.15) is 0 Å². The molecule has 5 nitrogen and oxygen atoms in total. The van der Waals surface area contributed by atoms with Crippen molar-refractivity contribution < 1.29 is 18.9 Å². The Bertz CT molecular complexity index is 828. The normalized spacial score (nSPS) is 19.1. The molecule has 0 radical (unpaired) electrons. The van der Waals surface area contributed by atoms with E-state index in [0.717, 1.165) is 16.8 Å². The van der Waals surface area contributed by atoms with E-state index in [2.05, 4.69) is 16.8 Å². The van der Waals surface area contributed by atoms with E-state index in [1.54, 1.807) is 13.2 Å². The monoisotopic (exact) mass is 365 g/mol. The zero-order valence-corrected chi connectivity index (χ0v) is 15.4. The minimum atomic E-state index is -0.0503. The Kier molecular flexibility index (Phi) is 5.57. The first-order chi connectivity index (χ1) is 13.3. The van der Waals surface area contributed by atoms with Gasteiger partial charge in [-0.3, -0.25) is 0 Å². The molecular weight excluding hydrogens is 342 g/mol. The van der Waals surface area contributed by atoms with Crippen LogP contribution in [-0.4, -0.2) is 44.6 Å². The fourth-order valence-corrected chi connectivity index (χ4v) is 2.78. The van der Waals surface area contributed by atoms with Crippen LogP contribution in [0.3, 0.4) is 0 Å². The van der Waals surface area contributed by atoms with Gasteiger partial charge in [-0.1, -0.05) is 24.0 Å². The topological polar surface area (TPSA) is 49.8 Å². The smallest absolute Gasteiger partial charge is 0.217 e. The number of pyridine rings is 1. The molecule has 1 aromatic heterocycles. The van der Waals surface area contributed by atoms with Crippen molar-refractivity contribution in [1.82, 2.24) is 4.98 Å². The molecule has 1 aliphatic carbocycles. The summed E-state index contributed by atoms with van der Waals surface area (Å²) in [6.07, 6.45) is 2.42. The third kappa shape index (κ3) is 5.00. The molecule has 140 valence electrons. The Hall–Kier alpha value is -2.55. The van der Waals surface area contributed by atoms with Crippen molar-refractivity contribution in [1.29, 1.82) is 0 Å². The molecule has 5 heteroatoms. The van der Waals surface area contributed by atoms with E-state index in [1.165, 1.54) is 12.8 Å². The lowest BCUT2D eigenvalue weighted by Gasteiger charge is -2.23. The number of rotatable bonds is 5. The molecule has 2 fully saturated rings. The van der Waals surface area contributed by atoms with E-state index >= 15 is 0 Å². The number of hydrogen-bond acceptors (Lipinski definition) is 5. The molecule has 0 N–H and O–H groups in total. The largest absolute Gasteiger partial charge is 0.491 e. The van der Waals surface area contributed by atoms with Gasteiger partial charge in [-0.25, -0.2) is 4.98 Å². The van der Waals surface area contributed by atoms with Gasteiger partial charge in [0, 0.05) is 29.2 Å². The molecule has 1 aliphatic heterocycles. The van der Waals surface area contributed by atoms with E-state index < -0.39 is 0 Å². The molecule has 4 rings (SSSR count). The fourth-order valence-electron chi connectivity index (χ4n) is 2.78. The Balaban J connectivity index is 1.48. The number of benzene rings is 1. The molecule has 1 saturated heterocycles. The summed E-state index contributed by atoms with van der Waals surface area (Å²) in [4.78, 5) is 4.54. The van der Waals surface area contributed by atoms with Crippen LogP contribution in [0.2, 0.25) is 0 Å². The summed E-state index contributed by atoms with van der Waals surface area (Å²) in [6.45, 7) is 2.24. The average molecular weight is 365 g/mol. The number of ether oxygens (including phenoxy) is 4. The molecular formula is C22H23NO4. The maximum atomic E-state index is 5.90. The minimum Gasteiger partial charge on any atom is -0.491 e. The highest BCUT2D eigenvalue weighted by Crippen LogP contribution is 2.28. The lowest BCUT2D eigenvalue weighted by Crippen LogP contribution is -2.33. The second-order valence-corrected chi connectivity index (χ2v) is 6.73. The van der Waals surface area contributed by atoms with E-state index in [-0.39, 0.29) is 6.10 Å². The SMILES string of the molecule is COc1cc(OCC2COCCO2)cc(-c2ccc(C#CC3CC3)cc2)n1. The Morgan fingerprint density at radius 3 is 2.70 bits per heavy atom. The van der Waals surface area contributed by atoms with Gasteiger partial charge in [0.15, 0.2) is 0 Å². The van der Waals surface area contributed by atoms with Gasteiger partial charge in [-0.15, -0.1) is 0 Å². The quantitative estimate of drug-likeness (QED) is 0.761. The molecule has 0 spiro atoms. The minimum absolute atomic E-state index is 0.0503. The number of methoxy groups -OCH3 is 1. The summed E-state index contributed by atoms with van der Waals surface area (Å²) >= 11 is 0. The van der Waals surface area contributed by atoms with E-state index in [0.29, 0.717) is 44.0 Å². The Morgan fingerprint density at radius 2 is 2.00 bits per heavy atom. The third-order valence-electron chi connectivity index (χ3n) is 4.48. The summed E-state index contributed by atoms with van der Waals surface area (Å²) in [7, 11) is 1.60. The van der Waals surface area contributed by atoms with Crippen LogP contribution in [0, 0.1) is 17.8 Å². The zero-order valence-electron chi connectivity index (χ0n) is 15.4. The Morgan fingerprint density at radius 1 is 1.15 bits per heavy atom. The van der Waals surface area contributed by atoms with Crippen molar-refractivity contribution in [2.24, 2.45) is 5.92 Å². The summed E-state index contributed by atoms with van der Waals surface area (Å²) < 4.78 is 22.3. The molecule has 2 heterocycles. The van der Waals surface area contributed by atoms with Crippen LogP contribution in [-0.2, 0) is 9.47 Å². The third-order valence-corrected chi connectivity index (χ3v) is 4.48. The summed E-state index contributed by atoms with van der Waals surface area (Å²) in [5.41, 5.74) is 2.82. The molecule has 0 bridgehead atoms. The van der Waals surface area contributed by atoms with Gasteiger partial charge >= 0.3 is 0 Å². The van der Waals surface area contributed by atoms with Gasteiger partial charge in [0.05, 0.1) is 32.6 Å². The van der Waals surface area contributed by atoms with Gasteiger partial charge in [-0.05, 0) is 25.0 Å². The maximum Gasteiger partial charge on any atom is 0.217 e. The summed E-state index contributed by atoms with van der Waals surface area (Å²) in [5.74, 6) is 8.32. The second-order valence-electron chi connectivity index (χ2n) is 6.73. The van der Waals surface area contributed by atoms with Crippen LogP contribution in [0.4, 0.5) is 0 Å². The summed E-state index contributed by atoms with van der Waals surface area (Å²) in [6, 6.07) is 11.8. The highest BCUT2D eigenvalue weighted by atomic mass is 16.6. The van der Waals surface area contributed by atoms with Crippen molar-refractivity contribution in [3.63, 3.8) is 0 Å². The van der Waals surface area contributed by atoms with E-state index in [4.69, 9.17) is 18.9 Å². The van der Waals surface area contributed by atoms with Crippen LogP contribution >= 0.6 is 0 Å². The molecule has 0 amide bonds. The van der Waals surface area contributed by atoms with E-state index in [9.17, 15) is 0 Å². The fraction of sp³-hybridized carbons (Fsp3) is 0.409. The Labute approximate surface area is 159 Å². The maximum absolute atomic E-state index is 5.90. The summed E-state index contributed by atoms with van der Waals surface area (Å²) in [5, 5.41) is 0. The van der Waals surface area contributed by atoms with Crippen molar-refractivity contribution >= 4 is 0 Å². The first-order valence-corrected chi connectivity index (χ1v) is 9.30. The van der Waals surface area contributed by atoms with Crippen LogP contribution < -0.4 is 9.47 Å². The predicted octanol–water partition coefficient (Wildman–Crippen LogP) is 3.31. The highest BCUT2D eigenvalue weighted by molar-refractivity contribution is 5.63. The molecule has 1 saturated carbocycles. The molecule has 2 aromatic rings. The average Bonchev–Trinajstić information content (AvgIpc) is 3.56. The van der Waals surface area contributed by atoms with E-state index in [1.807, 2.05) is 30.3 Å². The van der Waals surface area contributed by atoms with Crippen molar-refractivity contribution in [2.75, 3.05) is 33.5 Å². The van der Waals surface area contributed by atoms with Crippen LogP contribution in [0.1, 0.15) is 18.4 Å². The van der Waals surface area contributed by atoms with Gasteiger partial charge in [0.1, 0.15) is 18.5 Å². The number of nitrogens with zero attached hydrogens (tertiary/aromatic N) is 1. The van der Waals surface area contributed by atoms with Gasteiger partial charge in [0.25, 0.3) is 0 Å². The molecule has 1 atom stereocenters. The zero-order chi connectivity index (χ0) is 18.5. The van der Waals surface area contributed by atoms with Crippen molar-refractivity contribution in [2.45, 2.75) is 18.9 Å². The number of hydrogen-bond donors (Lipinski definition) is 0. The highest BCUT2D eigenvalue weighted by Gasteiger charge is 2.18. The molecule has 1 unspecified atom stereocenters. The van der Waals surface area contributed by atoms with Gasteiger partial charge < -0.3 is 18.9 Å². The van der Waals surface area contributed by atoms with Crippen molar-refractivity contribution in [3.05, 3.63) is 42.0 Å². The first-order valence-electron chi connectivity index (χ1n) is 9.30. The second kappa shape index (κ2) is 8.43. The first kappa shape index (κ1) is 17.8. The standard InChI is InChI=1S/C22H23NO4/c1-24-22-13-19(27-15-20-14-25-10-11-26-20)12-21(23-22)18-8-6-17(7-9-18)5-4-16-2-3-16/h6-9,12-13,16,20H,2-3,10-11,14-15H2,1H3. The van der Waals surface area contributed by atoms with Crippen molar-refractivity contribution in [3.8, 4) is 34.7 Å². The molecule has 1 aromatic carbocycles. The van der Waals surface area contributed by atoms with Crippen LogP contribution in [0.25, 0.3) is 11.3 Å². The number of aromatic nitrogens is 1. The van der Waals surface area contributed by atoms with Crippen LogP contribution in [0.5, 0.6) is 11.6 Å². The van der Waals surface area contributed by atoms with Gasteiger partial charge in [0.2, 0.25) is 5.88 Å². The predicted molar refractivity (Wildman–Crippen MR) is 102 cm³/mol. The molecule has 2 aliphatic rings. The lowest BCUT2D eigenvalue weighted by atomic mass is 10.1. The van der Waals surface area contributed by atoms with Crippen LogP contribution in [0.15, 0.2) is 36.4 Å². The molecule has 27 heavy (non-hydrogen) atoms. The lowest BCUT2D eigenvalue weighted by molar-refractivity contribution is -0.101.